The molecule has 0 aromatic heterocycles. The quantitative estimate of drug-likeness (QED) is 0.637. The van der Waals surface area contributed by atoms with Crippen LogP contribution in [0.2, 0.25) is 0 Å². The van der Waals surface area contributed by atoms with Crippen molar-refractivity contribution in [2.75, 3.05) is 0 Å². The van der Waals surface area contributed by atoms with Gasteiger partial charge in [-0.25, -0.2) is 0 Å². The van der Waals surface area contributed by atoms with Gasteiger partial charge in [0.25, 0.3) is 0 Å². The van der Waals surface area contributed by atoms with Crippen LogP contribution in [0.4, 0.5) is 5.69 Å². The van der Waals surface area contributed by atoms with Crippen LogP contribution in [-0.2, 0) is 5.41 Å². The second-order valence-electron chi connectivity index (χ2n) is 3.81. The molecule has 0 aliphatic rings. The zero-order chi connectivity index (χ0) is 9.19. The summed E-state index contributed by atoms with van der Waals surface area (Å²) in [5, 5.41) is 0. The first kappa shape index (κ1) is 9.11. The zero-order valence-electron chi connectivity index (χ0n) is 8.02. The van der Waals surface area contributed by atoms with Crippen molar-refractivity contribution >= 4 is 5.69 Å². The molecule has 0 heterocycles. The molecule has 0 amide bonds. The predicted octanol–water partition coefficient (Wildman–Crippen LogP) is 3.29. The Kier molecular flexibility index (Phi) is 2.41. The van der Waals surface area contributed by atoms with E-state index in [1.165, 1.54) is 5.56 Å². The van der Waals surface area contributed by atoms with Gasteiger partial charge in [0.05, 0.1) is 5.69 Å². The van der Waals surface area contributed by atoms with E-state index >= 15 is 0 Å². The van der Waals surface area contributed by atoms with E-state index in [0.29, 0.717) is 5.69 Å². The molecule has 1 heteroatoms. The van der Waals surface area contributed by atoms with E-state index in [0.717, 1.165) is 6.42 Å². The van der Waals surface area contributed by atoms with Crippen LogP contribution in [0.1, 0.15) is 32.8 Å². The standard InChI is InChI=1S/C11H16N/c1-4-11(2,3)9-5-7-10(12)8-6-9/h5-8,12H,4H2,1-3H3. The maximum absolute atomic E-state index is 7.35. The molecule has 65 valence electrons. The monoisotopic (exact) mass is 162 g/mol. The second-order valence-corrected chi connectivity index (χ2v) is 3.81. The molecule has 1 aromatic carbocycles. The molecule has 0 bridgehead atoms. The Labute approximate surface area is 74.6 Å². The molecule has 1 rings (SSSR count). The van der Waals surface area contributed by atoms with E-state index in [1.807, 2.05) is 24.3 Å². The highest BCUT2D eigenvalue weighted by Gasteiger charge is 2.16. The van der Waals surface area contributed by atoms with E-state index in [2.05, 4.69) is 20.8 Å². The van der Waals surface area contributed by atoms with Gasteiger partial charge < -0.3 is 5.73 Å². The number of nitrogens with one attached hydrogen (secondary N) is 1. The van der Waals surface area contributed by atoms with Crippen LogP contribution >= 0.6 is 0 Å². The molecular formula is C11H16N. The Morgan fingerprint density at radius 2 is 1.67 bits per heavy atom. The van der Waals surface area contributed by atoms with Crippen molar-refractivity contribution in [2.45, 2.75) is 32.6 Å². The average molecular weight is 162 g/mol. The van der Waals surface area contributed by atoms with Gasteiger partial charge in [0.15, 0.2) is 0 Å². The normalized spacial score (nSPS) is 11.6. The van der Waals surface area contributed by atoms with Gasteiger partial charge in [0.1, 0.15) is 0 Å². The number of hydrogen-bond acceptors (Lipinski definition) is 0. The van der Waals surface area contributed by atoms with E-state index in [-0.39, 0.29) is 5.41 Å². The third kappa shape index (κ3) is 1.79. The SMILES string of the molecule is CCC(C)(C)c1ccc([NH])cc1. The minimum atomic E-state index is 0.244. The summed E-state index contributed by atoms with van der Waals surface area (Å²) in [6.45, 7) is 6.65. The van der Waals surface area contributed by atoms with Gasteiger partial charge >= 0.3 is 0 Å². The lowest BCUT2D eigenvalue weighted by molar-refractivity contribution is 0.506. The van der Waals surface area contributed by atoms with Crippen molar-refractivity contribution < 1.29 is 0 Å². The van der Waals surface area contributed by atoms with Gasteiger partial charge in [0, 0.05) is 0 Å². The molecular weight excluding hydrogens is 146 g/mol. The van der Waals surface area contributed by atoms with Gasteiger partial charge in [-0.05, 0) is 29.5 Å². The minimum absolute atomic E-state index is 0.244. The Hall–Kier alpha value is -0.980. The maximum atomic E-state index is 7.35. The summed E-state index contributed by atoms with van der Waals surface area (Å²) in [5.74, 6) is 0. The molecule has 1 N–H and O–H groups in total. The first-order valence-electron chi connectivity index (χ1n) is 4.38. The van der Waals surface area contributed by atoms with Crippen LogP contribution in [0.5, 0.6) is 0 Å². The molecule has 0 saturated carbocycles. The number of benzene rings is 1. The van der Waals surface area contributed by atoms with Gasteiger partial charge in [0.2, 0.25) is 0 Å². The van der Waals surface area contributed by atoms with Gasteiger partial charge in [-0.3, -0.25) is 0 Å². The molecule has 1 radical (unpaired) electrons. The second kappa shape index (κ2) is 3.18. The maximum Gasteiger partial charge on any atom is 0.0540 e. The third-order valence-corrected chi connectivity index (χ3v) is 2.55. The van der Waals surface area contributed by atoms with Crippen LogP contribution in [-0.4, -0.2) is 0 Å². The third-order valence-electron chi connectivity index (χ3n) is 2.55. The van der Waals surface area contributed by atoms with E-state index in [1.54, 1.807) is 0 Å². The van der Waals surface area contributed by atoms with Gasteiger partial charge in [-0.1, -0.05) is 32.9 Å². The van der Waals surface area contributed by atoms with Crippen molar-refractivity contribution in [3.8, 4) is 0 Å². The topological polar surface area (TPSA) is 23.8 Å². The first-order valence-corrected chi connectivity index (χ1v) is 4.38. The smallest absolute Gasteiger partial charge is 0.0540 e. The number of rotatable bonds is 2. The lowest BCUT2D eigenvalue weighted by Gasteiger charge is -2.23. The van der Waals surface area contributed by atoms with E-state index in [9.17, 15) is 0 Å². The summed E-state index contributed by atoms with van der Waals surface area (Å²) >= 11 is 0. The van der Waals surface area contributed by atoms with Crippen molar-refractivity contribution in [3.05, 3.63) is 29.8 Å². The Balaban J connectivity index is 2.96. The fourth-order valence-electron chi connectivity index (χ4n) is 1.13. The summed E-state index contributed by atoms with van der Waals surface area (Å²) in [6.07, 6.45) is 1.13. The van der Waals surface area contributed by atoms with Crippen molar-refractivity contribution in [1.29, 1.82) is 0 Å². The zero-order valence-corrected chi connectivity index (χ0v) is 8.02. The molecule has 0 spiro atoms. The van der Waals surface area contributed by atoms with E-state index < -0.39 is 0 Å². The molecule has 0 saturated heterocycles. The molecule has 0 atom stereocenters. The van der Waals surface area contributed by atoms with Crippen molar-refractivity contribution in [3.63, 3.8) is 0 Å². The molecule has 1 aromatic rings. The highest BCUT2D eigenvalue weighted by molar-refractivity contribution is 5.38. The van der Waals surface area contributed by atoms with E-state index in [4.69, 9.17) is 5.73 Å². The molecule has 1 nitrogen and oxygen atoms in total. The first-order chi connectivity index (χ1) is 5.56. The summed E-state index contributed by atoms with van der Waals surface area (Å²) < 4.78 is 0. The molecule has 0 fully saturated rings. The van der Waals surface area contributed by atoms with Crippen LogP contribution in [0.3, 0.4) is 0 Å². The summed E-state index contributed by atoms with van der Waals surface area (Å²) in [7, 11) is 0. The predicted molar refractivity (Wildman–Crippen MR) is 52.5 cm³/mol. The summed E-state index contributed by atoms with van der Waals surface area (Å²) in [5.41, 5.74) is 9.51. The van der Waals surface area contributed by atoms with Crippen molar-refractivity contribution in [1.82, 2.24) is 5.73 Å². The lowest BCUT2D eigenvalue weighted by Crippen LogP contribution is -2.14. The Bertz CT molecular complexity index is 246. The largest absolute Gasteiger partial charge is 0.301 e. The molecule has 0 unspecified atom stereocenters. The highest BCUT2D eigenvalue weighted by Crippen LogP contribution is 2.26. The summed E-state index contributed by atoms with van der Waals surface area (Å²) in [4.78, 5) is 0. The van der Waals surface area contributed by atoms with Crippen LogP contribution in [0.25, 0.3) is 0 Å². The average Bonchev–Trinajstić information content (AvgIpc) is 2.05. The van der Waals surface area contributed by atoms with Gasteiger partial charge in [-0.15, -0.1) is 0 Å². The number of hydrogen-bond donors (Lipinski definition) is 0. The molecule has 0 aliphatic heterocycles. The fourth-order valence-corrected chi connectivity index (χ4v) is 1.13. The van der Waals surface area contributed by atoms with Crippen LogP contribution in [0.15, 0.2) is 24.3 Å². The summed E-state index contributed by atoms with van der Waals surface area (Å²) in [6, 6.07) is 7.80. The lowest BCUT2D eigenvalue weighted by atomic mass is 9.82. The molecule has 0 aliphatic carbocycles. The van der Waals surface area contributed by atoms with Crippen LogP contribution in [0, 0.1) is 0 Å². The Morgan fingerprint density at radius 1 is 1.17 bits per heavy atom. The van der Waals surface area contributed by atoms with Crippen molar-refractivity contribution in [2.24, 2.45) is 0 Å². The highest BCUT2D eigenvalue weighted by atomic mass is 14.5. The molecule has 12 heavy (non-hydrogen) atoms. The Morgan fingerprint density at radius 3 is 2.08 bits per heavy atom. The van der Waals surface area contributed by atoms with Crippen LogP contribution < -0.4 is 5.73 Å². The fraction of sp³-hybridized carbons (Fsp3) is 0.455. The minimum Gasteiger partial charge on any atom is -0.301 e. The van der Waals surface area contributed by atoms with Gasteiger partial charge in [-0.2, -0.15) is 0 Å².